The number of fused-ring (bicyclic) bond motifs is 1. The molecular weight excluding hydrogens is 134 g/mol. The predicted octanol–water partition coefficient (Wildman–Crippen LogP) is -0.593. The molecule has 2 aliphatic rings. The van der Waals surface area contributed by atoms with Gasteiger partial charge < -0.3 is 9.62 Å². The van der Waals surface area contributed by atoms with Gasteiger partial charge >= 0.3 is 0 Å². The molecule has 11 heavy (non-hydrogen) atoms. The van der Waals surface area contributed by atoms with Crippen LogP contribution in [0.4, 0.5) is 0 Å². The highest BCUT2D eigenvalue weighted by atomic mass is 15.1. The van der Waals surface area contributed by atoms with Crippen LogP contribution in [0.5, 0.6) is 0 Å². The van der Waals surface area contributed by atoms with Crippen molar-refractivity contribution in [3.05, 3.63) is 0 Å². The predicted molar refractivity (Wildman–Crippen MR) is 46.3 cm³/mol. The molecule has 2 rings (SSSR count). The van der Waals surface area contributed by atoms with E-state index < -0.39 is 0 Å². The van der Waals surface area contributed by atoms with Crippen LogP contribution in [0.2, 0.25) is 0 Å². The summed E-state index contributed by atoms with van der Waals surface area (Å²) in [4.78, 5) is 3.84. The second-order valence-corrected chi connectivity index (χ2v) is 3.76. The Bertz CT molecular complexity index is 153. The molecular formula is C7H12B2N2. The Morgan fingerprint density at radius 1 is 0.909 bits per heavy atom. The summed E-state index contributed by atoms with van der Waals surface area (Å²) in [5.74, 6) is 1.53. The summed E-state index contributed by atoms with van der Waals surface area (Å²) in [7, 11) is 11.4. The van der Waals surface area contributed by atoms with Crippen LogP contribution in [0.3, 0.4) is 0 Å². The third kappa shape index (κ3) is 1.47. The van der Waals surface area contributed by atoms with E-state index in [1.807, 2.05) is 9.62 Å². The minimum Gasteiger partial charge on any atom is -0.353 e. The molecule has 2 aliphatic heterocycles. The van der Waals surface area contributed by atoms with Crippen molar-refractivity contribution < 1.29 is 0 Å². The Labute approximate surface area is 70.8 Å². The lowest BCUT2D eigenvalue weighted by molar-refractivity contribution is 0.234. The molecule has 0 aromatic rings. The van der Waals surface area contributed by atoms with Crippen LogP contribution in [0.15, 0.2) is 0 Å². The van der Waals surface area contributed by atoms with E-state index in [1.165, 1.54) is 6.42 Å². The zero-order valence-electron chi connectivity index (χ0n) is 6.74. The molecule has 0 aromatic heterocycles. The molecule has 0 bridgehead atoms. The molecule has 0 spiro atoms. The minimum atomic E-state index is 0.721. The van der Waals surface area contributed by atoms with E-state index in [1.54, 1.807) is 0 Å². The quantitative estimate of drug-likeness (QED) is 0.421. The molecule has 0 N–H and O–H groups in total. The van der Waals surface area contributed by atoms with Gasteiger partial charge in [-0.25, -0.2) is 0 Å². The summed E-state index contributed by atoms with van der Waals surface area (Å²) < 4.78 is 0. The van der Waals surface area contributed by atoms with E-state index in [0.717, 1.165) is 38.0 Å². The Morgan fingerprint density at radius 2 is 1.55 bits per heavy atom. The van der Waals surface area contributed by atoms with Crippen molar-refractivity contribution in [2.75, 3.05) is 26.2 Å². The van der Waals surface area contributed by atoms with E-state index in [2.05, 4.69) is 0 Å². The number of hydrogen-bond acceptors (Lipinski definition) is 2. The third-order valence-electron chi connectivity index (χ3n) is 2.86. The average molecular weight is 146 g/mol. The van der Waals surface area contributed by atoms with Gasteiger partial charge in [-0.05, 0) is 44.4 Å². The highest BCUT2D eigenvalue weighted by molar-refractivity contribution is 6.05. The first-order chi connectivity index (χ1) is 5.25. The first-order valence-corrected chi connectivity index (χ1v) is 4.25. The van der Waals surface area contributed by atoms with Crippen LogP contribution < -0.4 is 0 Å². The van der Waals surface area contributed by atoms with Crippen molar-refractivity contribution in [1.29, 1.82) is 0 Å². The van der Waals surface area contributed by atoms with Crippen molar-refractivity contribution in [2.45, 2.75) is 6.42 Å². The van der Waals surface area contributed by atoms with Crippen molar-refractivity contribution in [2.24, 2.45) is 11.8 Å². The van der Waals surface area contributed by atoms with Crippen molar-refractivity contribution in [1.82, 2.24) is 9.62 Å². The molecule has 0 amide bonds. The highest BCUT2D eigenvalue weighted by Crippen LogP contribution is 2.28. The molecule has 2 nitrogen and oxygen atoms in total. The van der Waals surface area contributed by atoms with Crippen LogP contribution >= 0.6 is 0 Å². The van der Waals surface area contributed by atoms with Gasteiger partial charge in [0.2, 0.25) is 0 Å². The van der Waals surface area contributed by atoms with Crippen molar-refractivity contribution >= 4 is 16.0 Å². The monoisotopic (exact) mass is 146 g/mol. The van der Waals surface area contributed by atoms with Gasteiger partial charge in [-0.15, -0.1) is 0 Å². The van der Waals surface area contributed by atoms with E-state index in [0.29, 0.717) is 0 Å². The number of hydrogen-bond donors (Lipinski definition) is 0. The SMILES string of the molecule is [B]N1CC[C@H]2CN([B])C[C@H]2C1. The van der Waals surface area contributed by atoms with Crippen LogP contribution in [0.25, 0.3) is 0 Å². The molecule has 2 fully saturated rings. The van der Waals surface area contributed by atoms with Gasteiger partial charge in [0, 0.05) is 0 Å². The normalized spacial score (nSPS) is 40.7. The standard InChI is InChI=1S/C7H12B2N2/c8-10-2-1-6-3-11(9)5-7(6)4-10/h6-7H,1-5H2/t6-,7+/m0/s1. The largest absolute Gasteiger partial charge is 0.353 e. The van der Waals surface area contributed by atoms with Gasteiger partial charge in [0.05, 0.1) is 0 Å². The van der Waals surface area contributed by atoms with Gasteiger partial charge in [-0.2, -0.15) is 0 Å². The zero-order chi connectivity index (χ0) is 7.84. The second kappa shape index (κ2) is 2.83. The Hall–Kier alpha value is 0.0499. The van der Waals surface area contributed by atoms with Gasteiger partial charge in [-0.1, -0.05) is 0 Å². The van der Waals surface area contributed by atoms with Crippen molar-refractivity contribution in [3.8, 4) is 0 Å². The fourth-order valence-corrected chi connectivity index (χ4v) is 2.23. The maximum atomic E-state index is 5.71. The third-order valence-corrected chi connectivity index (χ3v) is 2.86. The molecule has 4 heteroatoms. The van der Waals surface area contributed by atoms with Crippen LogP contribution in [-0.2, 0) is 0 Å². The highest BCUT2D eigenvalue weighted by Gasteiger charge is 2.33. The lowest BCUT2D eigenvalue weighted by atomic mass is 9.87. The Kier molecular flexibility index (Phi) is 1.98. The minimum absolute atomic E-state index is 0.721. The van der Waals surface area contributed by atoms with Gasteiger partial charge in [-0.3, -0.25) is 0 Å². The molecule has 2 saturated heterocycles. The molecule has 2 heterocycles. The lowest BCUT2D eigenvalue weighted by Gasteiger charge is -2.32. The first-order valence-electron chi connectivity index (χ1n) is 4.25. The molecule has 0 aromatic carbocycles. The van der Waals surface area contributed by atoms with Gasteiger partial charge in [0.1, 0.15) is 0 Å². The lowest BCUT2D eigenvalue weighted by Crippen LogP contribution is -2.38. The Balaban J connectivity index is 1.97. The second-order valence-electron chi connectivity index (χ2n) is 3.76. The first kappa shape index (κ1) is 7.69. The Morgan fingerprint density at radius 3 is 2.36 bits per heavy atom. The van der Waals surface area contributed by atoms with Crippen LogP contribution in [0, 0.1) is 11.8 Å². The topological polar surface area (TPSA) is 6.48 Å². The molecule has 4 radical (unpaired) electrons. The average Bonchev–Trinajstić information content (AvgIpc) is 2.27. The fraction of sp³-hybridized carbons (Fsp3) is 1.00. The summed E-state index contributed by atoms with van der Waals surface area (Å²) in [6.45, 7) is 4.16. The number of rotatable bonds is 0. The maximum absolute atomic E-state index is 5.71. The molecule has 2 atom stereocenters. The van der Waals surface area contributed by atoms with E-state index in [9.17, 15) is 0 Å². The van der Waals surface area contributed by atoms with E-state index in [-0.39, 0.29) is 0 Å². The van der Waals surface area contributed by atoms with Crippen LogP contribution in [-0.4, -0.2) is 51.8 Å². The van der Waals surface area contributed by atoms with E-state index in [4.69, 9.17) is 16.0 Å². The summed E-state index contributed by atoms with van der Waals surface area (Å²) >= 11 is 0. The number of nitrogens with zero attached hydrogens (tertiary/aromatic N) is 2. The summed E-state index contributed by atoms with van der Waals surface area (Å²) in [5.41, 5.74) is 0. The fourth-order valence-electron chi connectivity index (χ4n) is 2.23. The van der Waals surface area contributed by atoms with Gasteiger partial charge in [0.25, 0.3) is 0 Å². The van der Waals surface area contributed by atoms with Crippen LogP contribution in [0.1, 0.15) is 6.42 Å². The molecule has 56 valence electrons. The summed E-state index contributed by atoms with van der Waals surface area (Å²) in [6, 6.07) is 0. The number of piperidine rings is 1. The molecule has 0 saturated carbocycles. The molecule has 0 aliphatic carbocycles. The van der Waals surface area contributed by atoms with Crippen molar-refractivity contribution in [3.63, 3.8) is 0 Å². The summed E-state index contributed by atoms with van der Waals surface area (Å²) in [5, 5.41) is 0. The smallest absolute Gasteiger partial charge is 0.182 e. The summed E-state index contributed by atoms with van der Waals surface area (Å²) in [6.07, 6.45) is 1.22. The van der Waals surface area contributed by atoms with E-state index >= 15 is 0 Å². The zero-order valence-corrected chi connectivity index (χ0v) is 6.74. The maximum Gasteiger partial charge on any atom is 0.182 e. The molecule has 0 unspecified atom stereocenters. The van der Waals surface area contributed by atoms with Gasteiger partial charge in [0.15, 0.2) is 16.0 Å².